The van der Waals surface area contributed by atoms with Gasteiger partial charge in [-0.05, 0) is 13.3 Å². The molecule has 0 bridgehead atoms. The van der Waals surface area contributed by atoms with E-state index in [0.717, 1.165) is 32.1 Å². The van der Waals surface area contributed by atoms with Crippen LogP contribution in [0.3, 0.4) is 0 Å². The van der Waals surface area contributed by atoms with Crippen molar-refractivity contribution < 1.29 is 19.8 Å². The van der Waals surface area contributed by atoms with E-state index >= 15 is 0 Å². The van der Waals surface area contributed by atoms with Crippen molar-refractivity contribution in [1.82, 2.24) is 4.90 Å². The Morgan fingerprint density at radius 1 is 1.24 bits per heavy atom. The molecule has 0 aromatic rings. The van der Waals surface area contributed by atoms with Gasteiger partial charge in [-0.1, -0.05) is 39.5 Å². The van der Waals surface area contributed by atoms with Crippen molar-refractivity contribution >= 4 is 11.7 Å². The first-order valence-corrected chi connectivity index (χ1v) is 7.75. The normalized spacial score (nSPS) is 24.4. The van der Waals surface area contributed by atoms with Crippen LogP contribution in [0.4, 0.5) is 0 Å². The van der Waals surface area contributed by atoms with Gasteiger partial charge in [-0.3, -0.25) is 9.59 Å². The van der Waals surface area contributed by atoms with Crippen LogP contribution in [0, 0.1) is 5.92 Å². The van der Waals surface area contributed by atoms with Gasteiger partial charge in [0.1, 0.15) is 17.4 Å². The highest BCUT2D eigenvalue weighted by atomic mass is 16.3. The molecule has 5 nitrogen and oxygen atoms in total. The van der Waals surface area contributed by atoms with Crippen LogP contribution in [0.1, 0.15) is 52.9 Å². The lowest BCUT2D eigenvalue weighted by molar-refractivity contribution is -0.128. The van der Waals surface area contributed by atoms with Crippen LogP contribution in [0.25, 0.3) is 0 Å². The summed E-state index contributed by atoms with van der Waals surface area (Å²) in [5.74, 6) is -1.32. The second-order valence-electron chi connectivity index (χ2n) is 5.98. The maximum atomic E-state index is 12.2. The van der Waals surface area contributed by atoms with Crippen LogP contribution in [0.5, 0.6) is 0 Å². The molecule has 1 rings (SSSR count). The first-order valence-electron chi connectivity index (χ1n) is 7.75. The molecular formula is C16H27NO4. The van der Waals surface area contributed by atoms with Crippen molar-refractivity contribution in [3.8, 4) is 0 Å². The predicted molar refractivity (Wildman–Crippen MR) is 80.8 cm³/mol. The molecule has 1 amide bonds. The molecule has 0 aromatic carbocycles. The summed E-state index contributed by atoms with van der Waals surface area (Å²) in [4.78, 5) is 25.6. The van der Waals surface area contributed by atoms with Gasteiger partial charge in [-0.2, -0.15) is 0 Å². The third kappa shape index (κ3) is 3.84. The lowest BCUT2D eigenvalue weighted by Gasteiger charge is -2.19. The molecular weight excluding hydrogens is 270 g/mol. The Balaban J connectivity index is 2.85. The van der Waals surface area contributed by atoms with Crippen molar-refractivity contribution in [1.29, 1.82) is 0 Å². The third-order valence-corrected chi connectivity index (χ3v) is 4.14. The van der Waals surface area contributed by atoms with Crippen LogP contribution in [-0.4, -0.2) is 46.0 Å². The predicted octanol–water partition coefficient (Wildman–Crippen LogP) is 2.20. The fourth-order valence-corrected chi connectivity index (χ4v) is 2.77. The summed E-state index contributed by atoms with van der Waals surface area (Å²) in [6, 6.07) is -0.887. The van der Waals surface area contributed by atoms with Gasteiger partial charge in [0.25, 0.3) is 5.91 Å². The summed E-state index contributed by atoms with van der Waals surface area (Å²) >= 11 is 0. The number of ketones is 1. The van der Waals surface area contributed by atoms with E-state index in [-0.39, 0.29) is 17.3 Å². The van der Waals surface area contributed by atoms with Crippen molar-refractivity contribution in [2.24, 2.45) is 5.92 Å². The van der Waals surface area contributed by atoms with Crippen LogP contribution < -0.4 is 0 Å². The quantitative estimate of drug-likeness (QED) is 0.327. The average molecular weight is 297 g/mol. The SMILES string of the molecule is CCCCCCC(C)/C(O)=C1\C(=O)[C@@H](C(C)O)N(C)C1=O. The lowest BCUT2D eigenvalue weighted by Crippen LogP contribution is -2.40. The van der Waals surface area contributed by atoms with Gasteiger partial charge in [-0.25, -0.2) is 0 Å². The molecule has 1 saturated heterocycles. The molecule has 5 heteroatoms. The number of aliphatic hydroxyl groups excluding tert-OH is 2. The second kappa shape index (κ2) is 7.59. The summed E-state index contributed by atoms with van der Waals surface area (Å²) in [5, 5.41) is 19.9. The summed E-state index contributed by atoms with van der Waals surface area (Å²) in [5.41, 5.74) is -0.147. The molecule has 2 N–H and O–H groups in total. The van der Waals surface area contributed by atoms with Crippen molar-refractivity contribution in [2.75, 3.05) is 7.05 Å². The van der Waals surface area contributed by atoms with E-state index in [1.807, 2.05) is 6.92 Å². The Kier molecular flexibility index (Phi) is 6.40. The number of rotatable bonds is 7. The number of amides is 1. The highest BCUT2D eigenvalue weighted by Crippen LogP contribution is 2.28. The van der Waals surface area contributed by atoms with E-state index in [0.29, 0.717) is 0 Å². The fourth-order valence-electron chi connectivity index (χ4n) is 2.77. The number of allylic oxidation sites excluding steroid dienone is 1. The Bertz CT molecular complexity index is 428. The number of nitrogens with zero attached hydrogens (tertiary/aromatic N) is 1. The van der Waals surface area contributed by atoms with E-state index in [2.05, 4.69) is 6.92 Å². The number of carbonyl (C=O) groups excluding carboxylic acids is 2. The van der Waals surface area contributed by atoms with E-state index in [9.17, 15) is 19.8 Å². The molecule has 120 valence electrons. The molecule has 3 atom stereocenters. The molecule has 0 aliphatic carbocycles. The Morgan fingerprint density at radius 3 is 2.33 bits per heavy atom. The summed E-state index contributed by atoms with van der Waals surface area (Å²) in [6.07, 6.45) is 4.13. The number of carbonyl (C=O) groups is 2. The minimum absolute atomic E-state index is 0.128. The fraction of sp³-hybridized carbons (Fsp3) is 0.750. The number of hydrogen-bond acceptors (Lipinski definition) is 4. The van der Waals surface area contributed by atoms with Gasteiger partial charge in [-0.15, -0.1) is 0 Å². The van der Waals surface area contributed by atoms with E-state index < -0.39 is 23.8 Å². The van der Waals surface area contributed by atoms with Crippen LogP contribution in [0.15, 0.2) is 11.3 Å². The van der Waals surface area contributed by atoms with E-state index in [4.69, 9.17) is 0 Å². The average Bonchev–Trinajstić information content (AvgIpc) is 2.64. The zero-order valence-corrected chi connectivity index (χ0v) is 13.4. The molecule has 0 spiro atoms. The van der Waals surface area contributed by atoms with Crippen molar-refractivity contribution in [3.63, 3.8) is 0 Å². The van der Waals surface area contributed by atoms with Crippen molar-refractivity contribution in [2.45, 2.75) is 65.0 Å². The van der Waals surface area contributed by atoms with Crippen molar-refractivity contribution in [3.05, 3.63) is 11.3 Å². The summed E-state index contributed by atoms with van der Waals surface area (Å²) < 4.78 is 0. The Hall–Kier alpha value is -1.36. The monoisotopic (exact) mass is 297 g/mol. The number of likely N-dealkylation sites (tertiary alicyclic amines) is 1. The number of hydrogen-bond donors (Lipinski definition) is 2. The molecule has 0 aromatic heterocycles. The Morgan fingerprint density at radius 2 is 1.86 bits per heavy atom. The molecule has 1 fully saturated rings. The minimum Gasteiger partial charge on any atom is -0.511 e. The smallest absolute Gasteiger partial charge is 0.261 e. The third-order valence-electron chi connectivity index (χ3n) is 4.14. The minimum atomic E-state index is -0.948. The molecule has 1 aliphatic heterocycles. The first kappa shape index (κ1) is 17.7. The molecule has 1 heterocycles. The first-order chi connectivity index (χ1) is 9.82. The van der Waals surface area contributed by atoms with Crippen LogP contribution in [-0.2, 0) is 9.59 Å². The number of Topliss-reactive ketones (excluding diaryl/α,β-unsaturated/α-hetero) is 1. The van der Waals surface area contributed by atoms with Gasteiger partial charge in [0.05, 0.1) is 6.10 Å². The number of aliphatic hydroxyl groups is 2. The topological polar surface area (TPSA) is 77.8 Å². The van der Waals surface area contributed by atoms with Gasteiger partial charge in [0, 0.05) is 13.0 Å². The second-order valence-corrected chi connectivity index (χ2v) is 5.98. The molecule has 2 unspecified atom stereocenters. The van der Waals surface area contributed by atoms with Crippen LogP contribution in [0.2, 0.25) is 0 Å². The largest absolute Gasteiger partial charge is 0.511 e. The summed E-state index contributed by atoms with van der Waals surface area (Å²) in [7, 11) is 1.48. The number of unbranched alkanes of at least 4 members (excludes halogenated alkanes) is 3. The van der Waals surface area contributed by atoms with Gasteiger partial charge in [0.2, 0.25) is 0 Å². The van der Waals surface area contributed by atoms with Crippen LogP contribution >= 0.6 is 0 Å². The van der Waals surface area contributed by atoms with E-state index in [1.165, 1.54) is 18.9 Å². The highest BCUT2D eigenvalue weighted by Gasteiger charge is 2.45. The number of likely N-dealkylation sites (N-methyl/N-ethyl adjacent to an activating group) is 1. The molecule has 1 aliphatic rings. The molecule has 0 saturated carbocycles. The zero-order chi connectivity index (χ0) is 16.2. The maximum absolute atomic E-state index is 12.2. The van der Waals surface area contributed by atoms with Gasteiger partial charge in [0.15, 0.2) is 5.78 Å². The van der Waals surface area contributed by atoms with E-state index in [1.54, 1.807) is 0 Å². The maximum Gasteiger partial charge on any atom is 0.261 e. The summed E-state index contributed by atoms with van der Waals surface area (Å²) in [6.45, 7) is 5.43. The standard InChI is InChI=1S/C16H27NO4/c1-5-6-7-8-9-10(2)14(19)12-15(20)13(11(3)18)17(4)16(12)21/h10-11,13,18-19H,5-9H2,1-4H3/b14-12-/t10?,11?,13-/m1/s1. The lowest BCUT2D eigenvalue weighted by atomic mass is 9.95. The Labute approximate surface area is 126 Å². The molecule has 0 radical (unpaired) electrons. The van der Waals surface area contributed by atoms with Gasteiger partial charge >= 0.3 is 0 Å². The van der Waals surface area contributed by atoms with Gasteiger partial charge < -0.3 is 15.1 Å². The molecule has 21 heavy (non-hydrogen) atoms. The highest BCUT2D eigenvalue weighted by molar-refractivity contribution is 6.26. The zero-order valence-electron chi connectivity index (χ0n) is 13.4.